The van der Waals surface area contributed by atoms with E-state index >= 15 is 0 Å². The second-order valence-electron chi connectivity index (χ2n) is 4.95. The van der Waals surface area contributed by atoms with E-state index < -0.39 is 5.82 Å². The molecule has 0 radical (unpaired) electrons. The molecule has 0 spiro atoms. The van der Waals surface area contributed by atoms with Crippen LogP contribution in [0, 0.1) is 12.7 Å². The first kappa shape index (κ1) is 16.4. The Morgan fingerprint density at radius 1 is 1.29 bits per heavy atom. The second kappa shape index (κ2) is 7.36. The summed E-state index contributed by atoms with van der Waals surface area (Å²) in [7, 11) is 0. The normalized spacial score (nSPS) is 12.4. The lowest BCUT2D eigenvalue weighted by Crippen LogP contribution is -2.29. The quantitative estimate of drug-likeness (QED) is 0.455. The lowest BCUT2D eigenvalue weighted by molar-refractivity contribution is 0.485. The number of nitrogens with one attached hydrogen (secondary N) is 1. The Labute approximate surface area is 137 Å². The monoisotopic (exact) mass is 370 g/mol. The van der Waals surface area contributed by atoms with E-state index in [-0.39, 0.29) is 11.1 Å². The zero-order valence-electron chi connectivity index (χ0n) is 11.7. The highest BCUT2D eigenvalue weighted by molar-refractivity contribution is 9.10. The van der Waals surface area contributed by atoms with E-state index in [4.69, 9.17) is 17.4 Å². The smallest absolute Gasteiger partial charge is 0.147 e. The van der Waals surface area contributed by atoms with Gasteiger partial charge in [0.05, 0.1) is 5.02 Å². The molecular formula is C16H17BrClFN2. The van der Waals surface area contributed by atoms with E-state index in [9.17, 15) is 4.39 Å². The van der Waals surface area contributed by atoms with E-state index in [0.717, 1.165) is 6.42 Å². The molecule has 0 bridgehead atoms. The van der Waals surface area contributed by atoms with Gasteiger partial charge in [0.1, 0.15) is 5.82 Å². The van der Waals surface area contributed by atoms with Crippen LogP contribution in [0.15, 0.2) is 40.9 Å². The van der Waals surface area contributed by atoms with Crippen LogP contribution in [0.1, 0.15) is 29.2 Å². The van der Waals surface area contributed by atoms with Gasteiger partial charge in [0, 0.05) is 16.1 Å². The standard InChI is InChI=1S/C16H17BrClFN2/c1-10-4-2-3-5-11(10)6-9-14(21-20)12-7-8-13(17)15(18)16(12)19/h2-5,7-8,14,21H,6,9,20H2,1H3. The minimum absolute atomic E-state index is 0.0867. The van der Waals surface area contributed by atoms with Gasteiger partial charge in [-0.05, 0) is 52.9 Å². The van der Waals surface area contributed by atoms with Crippen molar-refractivity contribution in [3.8, 4) is 0 Å². The van der Waals surface area contributed by atoms with Crippen LogP contribution >= 0.6 is 27.5 Å². The maximum absolute atomic E-state index is 14.2. The van der Waals surface area contributed by atoms with Gasteiger partial charge in [-0.1, -0.05) is 41.9 Å². The highest BCUT2D eigenvalue weighted by atomic mass is 79.9. The van der Waals surface area contributed by atoms with Crippen molar-refractivity contribution in [2.75, 3.05) is 0 Å². The number of hydrogen-bond acceptors (Lipinski definition) is 2. The summed E-state index contributed by atoms with van der Waals surface area (Å²) in [6, 6.07) is 11.3. The highest BCUT2D eigenvalue weighted by Gasteiger charge is 2.18. The molecule has 0 fully saturated rings. The summed E-state index contributed by atoms with van der Waals surface area (Å²) in [6.45, 7) is 2.07. The maximum Gasteiger partial charge on any atom is 0.147 e. The van der Waals surface area contributed by atoms with E-state index in [1.807, 2.05) is 12.1 Å². The molecule has 21 heavy (non-hydrogen) atoms. The number of hydrazine groups is 1. The third kappa shape index (κ3) is 3.83. The molecule has 0 heterocycles. The van der Waals surface area contributed by atoms with Gasteiger partial charge in [-0.2, -0.15) is 0 Å². The van der Waals surface area contributed by atoms with Gasteiger partial charge in [0.2, 0.25) is 0 Å². The van der Waals surface area contributed by atoms with E-state index in [1.165, 1.54) is 11.1 Å². The number of benzene rings is 2. The third-order valence-electron chi connectivity index (χ3n) is 3.61. The van der Waals surface area contributed by atoms with Crippen LogP contribution in [0.5, 0.6) is 0 Å². The first-order valence-electron chi connectivity index (χ1n) is 6.68. The summed E-state index contributed by atoms with van der Waals surface area (Å²) >= 11 is 9.15. The summed E-state index contributed by atoms with van der Waals surface area (Å²) in [5.41, 5.74) is 5.63. The van der Waals surface area contributed by atoms with Gasteiger partial charge in [-0.25, -0.2) is 4.39 Å². The Bertz CT molecular complexity index is 634. The van der Waals surface area contributed by atoms with Gasteiger partial charge in [0.15, 0.2) is 0 Å². The zero-order chi connectivity index (χ0) is 15.4. The molecule has 2 rings (SSSR count). The maximum atomic E-state index is 14.2. The van der Waals surface area contributed by atoms with Gasteiger partial charge < -0.3 is 0 Å². The zero-order valence-corrected chi connectivity index (χ0v) is 14.0. The number of halogens is 3. The molecule has 5 heteroatoms. The summed E-state index contributed by atoms with van der Waals surface area (Å²) in [4.78, 5) is 0. The summed E-state index contributed by atoms with van der Waals surface area (Å²) < 4.78 is 14.8. The molecule has 0 aromatic heterocycles. The number of rotatable bonds is 5. The van der Waals surface area contributed by atoms with E-state index in [2.05, 4.69) is 40.4 Å². The molecule has 2 nitrogen and oxygen atoms in total. The molecule has 0 saturated heterocycles. The molecule has 3 N–H and O–H groups in total. The fraction of sp³-hybridized carbons (Fsp3) is 0.250. The van der Waals surface area contributed by atoms with Gasteiger partial charge in [-0.3, -0.25) is 11.3 Å². The summed E-state index contributed by atoms with van der Waals surface area (Å²) in [6.07, 6.45) is 1.50. The largest absolute Gasteiger partial charge is 0.271 e. The number of hydrogen-bond donors (Lipinski definition) is 2. The number of nitrogens with two attached hydrogens (primary N) is 1. The third-order valence-corrected chi connectivity index (χ3v) is 4.86. The van der Waals surface area contributed by atoms with Crippen LogP contribution in [0.2, 0.25) is 5.02 Å². The van der Waals surface area contributed by atoms with Crippen molar-refractivity contribution >= 4 is 27.5 Å². The first-order valence-corrected chi connectivity index (χ1v) is 7.85. The number of aryl methyl sites for hydroxylation is 2. The van der Waals surface area contributed by atoms with Crippen LogP contribution in [0.4, 0.5) is 4.39 Å². The lowest BCUT2D eigenvalue weighted by atomic mass is 9.97. The van der Waals surface area contributed by atoms with Crippen LogP contribution in [-0.2, 0) is 6.42 Å². The molecule has 0 aliphatic rings. The second-order valence-corrected chi connectivity index (χ2v) is 6.18. The molecule has 2 aromatic carbocycles. The Kier molecular flexibility index (Phi) is 5.76. The van der Waals surface area contributed by atoms with Gasteiger partial charge in [-0.15, -0.1) is 0 Å². The fourth-order valence-corrected chi connectivity index (χ4v) is 2.81. The Balaban J connectivity index is 2.18. The van der Waals surface area contributed by atoms with E-state index in [0.29, 0.717) is 16.5 Å². The van der Waals surface area contributed by atoms with Crippen molar-refractivity contribution < 1.29 is 4.39 Å². The topological polar surface area (TPSA) is 38.0 Å². The van der Waals surface area contributed by atoms with Crippen molar-refractivity contribution in [2.45, 2.75) is 25.8 Å². The van der Waals surface area contributed by atoms with Crippen molar-refractivity contribution in [1.29, 1.82) is 0 Å². The molecule has 0 aliphatic carbocycles. The lowest BCUT2D eigenvalue weighted by Gasteiger charge is -2.18. The SMILES string of the molecule is Cc1ccccc1CCC(NN)c1ccc(Br)c(Cl)c1F. The average molecular weight is 372 g/mol. The highest BCUT2D eigenvalue weighted by Crippen LogP contribution is 2.31. The summed E-state index contributed by atoms with van der Waals surface area (Å²) in [5.74, 6) is 5.16. The molecule has 1 unspecified atom stereocenters. The molecular weight excluding hydrogens is 355 g/mol. The predicted molar refractivity (Wildman–Crippen MR) is 88.7 cm³/mol. The fourth-order valence-electron chi connectivity index (χ4n) is 2.33. The average Bonchev–Trinajstić information content (AvgIpc) is 2.49. The van der Waals surface area contributed by atoms with Gasteiger partial charge in [0.25, 0.3) is 0 Å². The molecule has 0 aliphatic heterocycles. The Hall–Kier alpha value is -0.940. The summed E-state index contributed by atoms with van der Waals surface area (Å²) in [5, 5.41) is 0.0867. The predicted octanol–water partition coefficient (Wildman–Crippen LogP) is 4.69. The Morgan fingerprint density at radius 2 is 2.00 bits per heavy atom. The van der Waals surface area contributed by atoms with Crippen molar-refractivity contribution in [1.82, 2.24) is 5.43 Å². The van der Waals surface area contributed by atoms with Crippen LogP contribution in [0.25, 0.3) is 0 Å². The molecule has 0 saturated carbocycles. The Morgan fingerprint density at radius 3 is 2.67 bits per heavy atom. The van der Waals surface area contributed by atoms with Gasteiger partial charge >= 0.3 is 0 Å². The van der Waals surface area contributed by atoms with Crippen LogP contribution in [-0.4, -0.2) is 0 Å². The molecule has 0 amide bonds. The first-order chi connectivity index (χ1) is 10.0. The molecule has 2 aromatic rings. The van der Waals surface area contributed by atoms with Crippen LogP contribution in [0.3, 0.4) is 0 Å². The van der Waals surface area contributed by atoms with Crippen molar-refractivity contribution in [3.63, 3.8) is 0 Å². The minimum Gasteiger partial charge on any atom is -0.271 e. The van der Waals surface area contributed by atoms with Crippen molar-refractivity contribution in [3.05, 3.63) is 68.4 Å². The van der Waals surface area contributed by atoms with E-state index in [1.54, 1.807) is 12.1 Å². The van der Waals surface area contributed by atoms with Crippen LogP contribution < -0.4 is 11.3 Å². The molecule has 112 valence electrons. The van der Waals surface area contributed by atoms with Crippen molar-refractivity contribution in [2.24, 2.45) is 5.84 Å². The minimum atomic E-state index is -0.432. The molecule has 1 atom stereocenters.